The Morgan fingerprint density at radius 3 is 2.84 bits per heavy atom. The first kappa shape index (κ1) is 12.0. The molecule has 1 aliphatic rings. The van der Waals surface area contributed by atoms with E-state index in [1.165, 1.54) is 13.3 Å². The van der Waals surface area contributed by atoms with Crippen LogP contribution in [-0.4, -0.2) is 25.5 Å². The Bertz CT molecular complexity index is 626. The summed E-state index contributed by atoms with van der Waals surface area (Å²) >= 11 is 6.32. The van der Waals surface area contributed by atoms with E-state index >= 15 is 0 Å². The number of nitrogens with zero attached hydrogens (tertiary/aromatic N) is 1. The Balaban J connectivity index is 2.29. The third kappa shape index (κ3) is 1.84. The van der Waals surface area contributed by atoms with Crippen molar-refractivity contribution < 1.29 is 18.7 Å². The van der Waals surface area contributed by atoms with Gasteiger partial charge in [-0.15, -0.1) is 0 Å². The van der Waals surface area contributed by atoms with E-state index in [0.717, 1.165) is 0 Å². The Labute approximate surface area is 114 Å². The van der Waals surface area contributed by atoms with E-state index in [0.29, 0.717) is 46.6 Å². The minimum absolute atomic E-state index is 0.159. The second-order valence-electron chi connectivity index (χ2n) is 3.90. The van der Waals surface area contributed by atoms with E-state index in [1.54, 1.807) is 6.07 Å². The maximum atomic E-state index is 6.32. The van der Waals surface area contributed by atoms with Gasteiger partial charge < -0.3 is 24.5 Å². The first-order valence-electron chi connectivity index (χ1n) is 5.59. The molecule has 2 N–H and O–H groups in total. The van der Waals surface area contributed by atoms with Crippen molar-refractivity contribution in [2.45, 2.75) is 0 Å². The van der Waals surface area contributed by atoms with Crippen LogP contribution in [0, 0.1) is 0 Å². The van der Waals surface area contributed by atoms with E-state index in [1.807, 2.05) is 0 Å². The van der Waals surface area contributed by atoms with Gasteiger partial charge in [0.1, 0.15) is 19.0 Å². The van der Waals surface area contributed by atoms with Crippen LogP contribution in [0.15, 0.2) is 16.8 Å². The second kappa shape index (κ2) is 4.55. The number of aromatic nitrogens is 1. The highest BCUT2D eigenvalue weighted by atomic mass is 35.5. The number of rotatable bonds is 2. The van der Waals surface area contributed by atoms with Gasteiger partial charge in [0.15, 0.2) is 11.5 Å². The Hall–Kier alpha value is -2.08. The summed E-state index contributed by atoms with van der Waals surface area (Å²) in [5.41, 5.74) is 6.85. The molecule has 0 atom stereocenters. The normalized spacial score (nSPS) is 13.4. The van der Waals surface area contributed by atoms with Crippen molar-refractivity contribution in [1.82, 2.24) is 5.16 Å². The molecule has 0 spiro atoms. The lowest BCUT2D eigenvalue weighted by Crippen LogP contribution is -2.16. The van der Waals surface area contributed by atoms with Crippen molar-refractivity contribution in [1.29, 1.82) is 0 Å². The van der Waals surface area contributed by atoms with Gasteiger partial charge in [0, 0.05) is 6.07 Å². The Kier molecular flexibility index (Phi) is 2.87. The molecular formula is C12H11ClN2O4. The molecule has 0 radical (unpaired) electrons. The van der Waals surface area contributed by atoms with Gasteiger partial charge in [-0.1, -0.05) is 16.8 Å². The zero-order valence-corrected chi connectivity index (χ0v) is 10.9. The monoisotopic (exact) mass is 282 g/mol. The molecule has 6 nitrogen and oxygen atoms in total. The molecule has 0 unspecified atom stereocenters. The molecule has 0 bridgehead atoms. The van der Waals surface area contributed by atoms with E-state index < -0.39 is 0 Å². The topological polar surface area (TPSA) is 79.7 Å². The number of nitrogens with two attached hydrogens (primary N) is 1. The van der Waals surface area contributed by atoms with Crippen LogP contribution in [0.25, 0.3) is 11.1 Å². The molecule has 1 aliphatic heterocycles. The largest absolute Gasteiger partial charge is 0.495 e. The summed E-state index contributed by atoms with van der Waals surface area (Å²) in [6, 6.07) is 1.68. The quantitative estimate of drug-likeness (QED) is 0.911. The summed E-state index contributed by atoms with van der Waals surface area (Å²) in [4.78, 5) is 0. The molecule has 0 amide bonds. The molecule has 0 fully saturated rings. The first-order chi connectivity index (χ1) is 9.22. The van der Waals surface area contributed by atoms with Gasteiger partial charge in [0.25, 0.3) is 0 Å². The van der Waals surface area contributed by atoms with Crippen molar-refractivity contribution in [3.63, 3.8) is 0 Å². The van der Waals surface area contributed by atoms with Crippen molar-refractivity contribution in [2.75, 3.05) is 26.1 Å². The number of hydrogen-bond donors (Lipinski definition) is 1. The number of nitrogen functional groups attached to an aromatic ring is 1. The summed E-state index contributed by atoms with van der Waals surface area (Å²) < 4.78 is 21.3. The van der Waals surface area contributed by atoms with Crippen LogP contribution in [0.4, 0.5) is 5.88 Å². The number of fused-ring (bicyclic) bond motifs is 1. The number of benzene rings is 1. The van der Waals surface area contributed by atoms with E-state index in [9.17, 15) is 0 Å². The van der Waals surface area contributed by atoms with Crippen LogP contribution in [0.3, 0.4) is 0 Å². The molecule has 100 valence electrons. The predicted octanol–water partition coefficient (Wildman–Crippen LogP) is 2.36. The van der Waals surface area contributed by atoms with Crippen LogP contribution in [0.1, 0.15) is 0 Å². The second-order valence-corrected chi connectivity index (χ2v) is 4.27. The molecule has 1 aromatic heterocycles. The SMILES string of the molecule is COc1cc2c(c(-c3cnoc3N)c1Cl)OCCO2. The maximum absolute atomic E-state index is 6.32. The summed E-state index contributed by atoms with van der Waals surface area (Å²) in [6.07, 6.45) is 1.48. The third-order valence-corrected chi connectivity index (χ3v) is 3.20. The van der Waals surface area contributed by atoms with Crippen LogP contribution >= 0.6 is 11.6 Å². The minimum atomic E-state index is 0.159. The summed E-state index contributed by atoms with van der Waals surface area (Å²) in [6.45, 7) is 0.907. The smallest absolute Gasteiger partial charge is 0.230 e. The predicted molar refractivity (Wildman–Crippen MR) is 68.9 cm³/mol. The van der Waals surface area contributed by atoms with E-state index in [2.05, 4.69) is 5.16 Å². The number of halogens is 1. The minimum Gasteiger partial charge on any atom is -0.495 e. The van der Waals surface area contributed by atoms with Crippen LogP contribution in [-0.2, 0) is 0 Å². The molecule has 0 aliphatic carbocycles. The van der Waals surface area contributed by atoms with Gasteiger partial charge in [-0.3, -0.25) is 0 Å². The van der Waals surface area contributed by atoms with Crippen LogP contribution in [0.2, 0.25) is 5.02 Å². The van der Waals surface area contributed by atoms with Gasteiger partial charge in [-0.25, -0.2) is 0 Å². The zero-order chi connectivity index (χ0) is 13.4. The van der Waals surface area contributed by atoms with Crippen molar-refractivity contribution in [2.24, 2.45) is 0 Å². The number of anilines is 1. The fraction of sp³-hybridized carbons (Fsp3) is 0.250. The van der Waals surface area contributed by atoms with Crippen LogP contribution < -0.4 is 19.9 Å². The highest BCUT2D eigenvalue weighted by molar-refractivity contribution is 6.35. The van der Waals surface area contributed by atoms with Crippen molar-refractivity contribution in [3.05, 3.63) is 17.3 Å². The molecule has 19 heavy (non-hydrogen) atoms. The fourth-order valence-electron chi connectivity index (χ4n) is 1.97. The van der Waals surface area contributed by atoms with Crippen molar-refractivity contribution >= 4 is 17.5 Å². The van der Waals surface area contributed by atoms with Crippen molar-refractivity contribution in [3.8, 4) is 28.4 Å². The zero-order valence-electron chi connectivity index (χ0n) is 10.1. The van der Waals surface area contributed by atoms with E-state index in [4.69, 9.17) is 36.1 Å². The number of methoxy groups -OCH3 is 1. The molecule has 7 heteroatoms. The molecule has 0 saturated heterocycles. The van der Waals surface area contributed by atoms with Gasteiger partial charge in [0.05, 0.1) is 29.5 Å². The van der Waals surface area contributed by atoms with Gasteiger partial charge in [-0.05, 0) is 0 Å². The average molecular weight is 283 g/mol. The molecular weight excluding hydrogens is 272 g/mol. The molecule has 2 heterocycles. The van der Waals surface area contributed by atoms with Gasteiger partial charge in [-0.2, -0.15) is 0 Å². The van der Waals surface area contributed by atoms with Crippen LogP contribution in [0.5, 0.6) is 17.2 Å². The lowest BCUT2D eigenvalue weighted by molar-refractivity contribution is 0.171. The first-order valence-corrected chi connectivity index (χ1v) is 5.96. The summed E-state index contributed by atoms with van der Waals surface area (Å²) in [7, 11) is 1.53. The Morgan fingerprint density at radius 1 is 1.37 bits per heavy atom. The fourth-order valence-corrected chi connectivity index (χ4v) is 2.28. The highest BCUT2D eigenvalue weighted by Gasteiger charge is 2.26. The molecule has 1 aromatic carbocycles. The maximum Gasteiger partial charge on any atom is 0.230 e. The lowest BCUT2D eigenvalue weighted by Gasteiger charge is -2.22. The third-order valence-electron chi connectivity index (χ3n) is 2.82. The average Bonchev–Trinajstić information content (AvgIpc) is 2.84. The Morgan fingerprint density at radius 2 is 2.16 bits per heavy atom. The summed E-state index contributed by atoms with van der Waals surface area (Å²) in [5.74, 6) is 1.71. The number of hydrogen-bond acceptors (Lipinski definition) is 6. The standard InChI is InChI=1S/C12H11ClN2O4/c1-16-7-4-8-11(18-3-2-17-8)9(10(7)13)6-5-15-19-12(6)14/h4-5H,2-3,14H2,1H3. The van der Waals surface area contributed by atoms with Gasteiger partial charge >= 0.3 is 0 Å². The van der Waals surface area contributed by atoms with Gasteiger partial charge in [0.2, 0.25) is 5.88 Å². The van der Waals surface area contributed by atoms with E-state index in [-0.39, 0.29) is 5.88 Å². The lowest BCUT2D eigenvalue weighted by atomic mass is 10.1. The number of ether oxygens (including phenoxy) is 3. The molecule has 3 rings (SSSR count). The highest BCUT2D eigenvalue weighted by Crippen LogP contribution is 2.50. The summed E-state index contributed by atoms with van der Waals surface area (Å²) in [5, 5.41) is 4.02. The molecule has 2 aromatic rings. The molecule has 0 saturated carbocycles.